The zero-order valence-electron chi connectivity index (χ0n) is 19.2. The molecule has 0 bridgehead atoms. The van der Waals surface area contributed by atoms with Crippen LogP contribution in [-0.2, 0) is 11.8 Å². The van der Waals surface area contributed by atoms with Gasteiger partial charge < -0.3 is 25.0 Å². The average Bonchev–Trinajstić information content (AvgIpc) is 3.19. The van der Waals surface area contributed by atoms with Crippen LogP contribution in [-0.4, -0.2) is 63.0 Å². The number of aliphatic hydroxyl groups is 1. The minimum Gasteiger partial charge on any atom is -0.486 e. The molecule has 0 aliphatic carbocycles. The highest BCUT2D eigenvalue weighted by molar-refractivity contribution is 6.36. The van der Waals surface area contributed by atoms with E-state index in [9.17, 15) is 9.90 Å². The lowest BCUT2D eigenvalue weighted by Gasteiger charge is -2.19. The maximum atomic E-state index is 11.1. The Morgan fingerprint density at radius 2 is 2.03 bits per heavy atom. The van der Waals surface area contributed by atoms with Crippen LogP contribution >= 0.6 is 11.6 Å². The van der Waals surface area contributed by atoms with E-state index < -0.39 is 18.6 Å². The second-order valence-corrected chi connectivity index (χ2v) is 8.42. The van der Waals surface area contributed by atoms with E-state index in [0.29, 0.717) is 52.5 Å². The summed E-state index contributed by atoms with van der Waals surface area (Å²) >= 11 is 6.81. The summed E-state index contributed by atoms with van der Waals surface area (Å²) < 4.78 is 13.0. The first kappa shape index (κ1) is 23.6. The Bertz CT molecular complexity index is 1490. The number of rotatable bonds is 7. The van der Waals surface area contributed by atoms with Gasteiger partial charge in [-0.2, -0.15) is 5.10 Å². The molecule has 2 aromatic carbocycles. The van der Waals surface area contributed by atoms with E-state index >= 15 is 0 Å². The summed E-state index contributed by atoms with van der Waals surface area (Å²) in [5.74, 6) is 0.634. The van der Waals surface area contributed by atoms with E-state index in [2.05, 4.69) is 20.4 Å². The standard InChI is InChI=1S/C25H22ClN5O5/c1-31-19-7-6-15(12-27-18(13-32)25(33)34)28-23(19)24(30-31)29-17-4-2-3-16(22(17)26)14-5-8-20-21(11-14)36-10-9-35-20/h2-8,11-12,18,32H,9-10,13H2,1H3,(H,29,30)(H,33,34)/t18-/m1/s1. The van der Waals surface area contributed by atoms with Crippen molar-refractivity contribution >= 4 is 46.3 Å². The Hall–Kier alpha value is -4.15. The second-order valence-electron chi connectivity index (χ2n) is 8.04. The third kappa shape index (κ3) is 4.56. The molecule has 10 nitrogen and oxygen atoms in total. The number of fused-ring (bicyclic) bond motifs is 2. The van der Waals surface area contributed by atoms with Crippen LogP contribution in [0.4, 0.5) is 11.5 Å². The molecular weight excluding hydrogens is 486 g/mol. The van der Waals surface area contributed by atoms with Crippen LogP contribution in [0.2, 0.25) is 5.02 Å². The molecule has 11 heteroatoms. The van der Waals surface area contributed by atoms with E-state index in [-0.39, 0.29) is 0 Å². The van der Waals surface area contributed by atoms with Crippen LogP contribution < -0.4 is 14.8 Å². The zero-order valence-corrected chi connectivity index (χ0v) is 19.9. The van der Waals surface area contributed by atoms with Crippen molar-refractivity contribution in [3.63, 3.8) is 0 Å². The highest BCUT2D eigenvalue weighted by Gasteiger charge is 2.17. The van der Waals surface area contributed by atoms with Crippen LogP contribution in [0.3, 0.4) is 0 Å². The smallest absolute Gasteiger partial charge is 0.330 e. The lowest BCUT2D eigenvalue weighted by atomic mass is 10.0. The van der Waals surface area contributed by atoms with Gasteiger partial charge in [0.1, 0.15) is 18.7 Å². The van der Waals surface area contributed by atoms with E-state index in [1.165, 1.54) is 6.21 Å². The molecule has 5 rings (SSSR count). The number of halogens is 1. The Balaban J connectivity index is 1.47. The monoisotopic (exact) mass is 507 g/mol. The van der Waals surface area contributed by atoms with E-state index in [1.54, 1.807) is 17.8 Å². The first-order chi connectivity index (χ1) is 17.4. The van der Waals surface area contributed by atoms with Crippen LogP contribution in [0.15, 0.2) is 53.5 Å². The number of benzene rings is 2. The van der Waals surface area contributed by atoms with E-state index in [0.717, 1.165) is 16.6 Å². The van der Waals surface area contributed by atoms with Gasteiger partial charge in [0.2, 0.25) is 0 Å². The number of hydrogen-bond donors (Lipinski definition) is 3. The SMILES string of the molecule is Cn1nc(Nc2cccc(-c3ccc4c(c3)OCCO4)c2Cl)c2nc(C=N[C@H](CO)C(=O)O)ccc21. The molecule has 184 valence electrons. The summed E-state index contributed by atoms with van der Waals surface area (Å²) in [5, 5.41) is 26.6. The van der Waals surface area contributed by atoms with E-state index in [1.807, 2.05) is 42.5 Å². The fourth-order valence-electron chi connectivity index (χ4n) is 3.85. The number of carboxylic acid groups (broad SMARTS) is 1. The maximum absolute atomic E-state index is 11.1. The molecule has 3 N–H and O–H groups in total. The minimum absolute atomic E-state index is 0.425. The summed E-state index contributed by atoms with van der Waals surface area (Å²) in [6, 6.07) is 13.6. The van der Waals surface area contributed by atoms with Crippen molar-refractivity contribution in [2.45, 2.75) is 6.04 Å². The summed E-state index contributed by atoms with van der Waals surface area (Å²) in [5.41, 5.74) is 4.06. The molecule has 0 spiro atoms. The topological polar surface area (TPSA) is 131 Å². The quantitative estimate of drug-likeness (QED) is 0.323. The summed E-state index contributed by atoms with van der Waals surface area (Å²) in [4.78, 5) is 19.6. The van der Waals surface area contributed by atoms with Gasteiger partial charge in [0.05, 0.1) is 28.5 Å². The van der Waals surface area contributed by atoms with E-state index in [4.69, 9.17) is 26.2 Å². The number of pyridine rings is 1. The van der Waals surface area contributed by atoms with Crippen molar-refractivity contribution in [1.29, 1.82) is 0 Å². The number of carbonyl (C=O) groups is 1. The number of carboxylic acids is 1. The minimum atomic E-state index is -1.25. The normalized spacial score (nSPS) is 13.8. The highest BCUT2D eigenvalue weighted by atomic mass is 35.5. The number of ether oxygens (including phenoxy) is 2. The van der Waals surface area contributed by atoms with Crippen LogP contribution in [0, 0.1) is 0 Å². The number of anilines is 2. The Morgan fingerprint density at radius 3 is 2.81 bits per heavy atom. The van der Waals surface area contributed by atoms with Gasteiger partial charge in [-0.25, -0.2) is 9.78 Å². The molecule has 1 aliphatic heterocycles. The second kappa shape index (κ2) is 9.84. The fourth-order valence-corrected chi connectivity index (χ4v) is 4.14. The van der Waals surface area contributed by atoms with Crippen molar-refractivity contribution in [1.82, 2.24) is 14.8 Å². The largest absolute Gasteiger partial charge is 0.486 e. The number of nitrogens with zero attached hydrogens (tertiary/aromatic N) is 4. The Kier molecular flexibility index (Phi) is 6.45. The number of aliphatic imine (C=N–C) groups is 1. The zero-order chi connectivity index (χ0) is 25.2. The molecule has 0 saturated heterocycles. The van der Waals surface area contributed by atoms with Crippen molar-refractivity contribution in [2.75, 3.05) is 25.1 Å². The maximum Gasteiger partial charge on any atom is 0.330 e. The molecule has 1 aliphatic rings. The molecule has 4 aromatic rings. The van der Waals surface area contributed by atoms with Crippen LogP contribution in [0.1, 0.15) is 5.69 Å². The predicted octanol–water partition coefficient (Wildman–Crippen LogP) is 3.67. The fraction of sp³-hybridized carbons (Fsp3) is 0.200. The van der Waals surface area contributed by atoms with Gasteiger partial charge in [-0.1, -0.05) is 29.8 Å². The summed E-state index contributed by atoms with van der Waals surface area (Å²) in [6.07, 6.45) is 1.32. The molecule has 0 radical (unpaired) electrons. The first-order valence-corrected chi connectivity index (χ1v) is 11.5. The van der Waals surface area contributed by atoms with Crippen molar-refractivity contribution in [2.24, 2.45) is 12.0 Å². The number of aliphatic carboxylic acids is 1. The molecule has 0 saturated carbocycles. The highest BCUT2D eigenvalue weighted by Crippen LogP contribution is 2.40. The molecule has 0 fully saturated rings. The molecule has 2 aromatic heterocycles. The number of aliphatic hydroxyl groups excluding tert-OH is 1. The van der Waals surface area contributed by atoms with Gasteiger partial charge in [-0.3, -0.25) is 9.67 Å². The molecule has 1 atom stereocenters. The number of aromatic nitrogens is 3. The number of nitrogens with one attached hydrogen (secondary N) is 1. The molecular formula is C25H22ClN5O5. The van der Waals surface area contributed by atoms with Crippen molar-refractivity contribution in [3.8, 4) is 22.6 Å². The van der Waals surface area contributed by atoms with Gasteiger partial charge in [-0.15, -0.1) is 0 Å². The molecule has 0 unspecified atom stereocenters. The van der Waals surface area contributed by atoms with Gasteiger partial charge in [-0.05, 0) is 35.9 Å². The Labute approximate surface area is 210 Å². The molecule has 3 heterocycles. The van der Waals surface area contributed by atoms with Crippen molar-refractivity contribution < 1.29 is 24.5 Å². The third-order valence-electron chi connectivity index (χ3n) is 5.67. The summed E-state index contributed by atoms with van der Waals surface area (Å²) in [7, 11) is 1.79. The predicted molar refractivity (Wildman–Crippen MR) is 136 cm³/mol. The van der Waals surface area contributed by atoms with Gasteiger partial charge in [0, 0.05) is 18.8 Å². The van der Waals surface area contributed by atoms with Gasteiger partial charge in [0.25, 0.3) is 0 Å². The molecule has 36 heavy (non-hydrogen) atoms. The lowest BCUT2D eigenvalue weighted by Crippen LogP contribution is -2.22. The number of hydrogen-bond acceptors (Lipinski definition) is 8. The van der Waals surface area contributed by atoms with Gasteiger partial charge >= 0.3 is 5.97 Å². The first-order valence-electron chi connectivity index (χ1n) is 11.1. The molecule has 0 amide bonds. The van der Waals surface area contributed by atoms with Crippen LogP contribution in [0.25, 0.3) is 22.2 Å². The van der Waals surface area contributed by atoms with Crippen LogP contribution in [0.5, 0.6) is 11.5 Å². The Morgan fingerprint density at radius 1 is 1.22 bits per heavy atom. The van der Waals surface area contributed by atoms with Gasteiger partial charge in [0.15, 0.2) is 23.4 Å². The van der Waals surface area contributed by atoms with Crippen molar-refractivity contribution in [3.05, 3.63) is 59.2 Å². The third-order valence-corrected chi connectivity index (χ3v) is 6.08. The summed E-state index contributed by atoms with van der Waals surface area (Å²) in [6.45, 7) is 0.412. The number of aryl methyl sites for hydroxylation is 1. The average molecular weight is 508 g/mol. The lowest BCUT2D eigenvalue weighted by molar-refractivity contribution is -0.139.